The van der Waals surface area contributed by atoms with E-state index >= 15 is 0 Å². The molecule has 10 heteroatoms. The fourth-order valence-electron chi connectivity index (χ4n) is 5.08. The van der Waals surface area contributed by atoms with Gasteiger partial charge in [-0.1, -0.05) is 67.1 Å². The van der Waals surface area contributed by atoms with E-state index in [0.29, 0.717) is 17.9 Å². The zero-order chi connectivity index (χ0) is 34.0. The van der Waals surface area contributed by atoms with Crippen molar-refractivity contribution in [2.75, 3.05) is 25.1 Å². The van der Waals surface area contributed by atoms with Crippen LogP contribution in [-0.2, 0) is 32.6 Å². The molecular formula is C37H43N3O6S. The topological polar surface area (TPSA) is 105 Å². The molecule has 0 aliphatic carbocycles. The maximum atomic E-state index is 14.6. The van der Waals surface area contributed by atoms with Crippen LogP contribution < -0.4 is 19.1 Å². The summed E-state index contributed by atoms with van der Waals surface area (Å²) in [7, 11) is -1.13. The molecule has 0 bridgehead atoms. The summed E-state index contributed by atoms with van der Waals surface area (Å²) in [6.45, 7) is 5.25. The van der Waals surface area contributed by atoms with Crippen LogP contribution in [0.15, 0.2) is 108 Å². The van der Waals surface area contributed by atoms with E-state index in [4.69, 9.17) is 9.47 Å². The van der Waals surface area contributed by atoms with Crippen molar-refractivity contribution in [1.82, 2.24) is 10.2 Å². The number of methoxy groups -OCH3 is 2. The zero-order valence-corrected chi connectivity index (χ0v) is 28.4. The Labute approximate surface area is 278 Å². The van der Waals surface area contributed by atoms with Crippen LogP contribution in [0, 0.1) is 6.92 Å². The second-order valence-electron chi connectivity index (χ2n) is 11.4. The van der Waals surface area contributed by atoms with Gasteiger partial charge in [0.05, 0.1) is 24.8 Å². The van der Waals surface area contributed by atoms with Gasteiger partial charge >= 0.3 is 0 Å². The number of anilines is 1. The molecule has 0 radical (unpaired) electrons. The molecule has 4 aromatic carbocycles. The van der Waals surface area contributed by atoms with E-state index in [1.165, 1.54) is 24.1 Å². The lowest BCUT2D eigenvalue weighted by Crippen LogP contribution is -2.54. The SMILES string of the molecule is CC[C@H](C)NC(=O)[C@H](Cc1ccccc1)N(Cc1cccc(OC)c1)C(=O)CN(c1ccc(OC)cc1)S(=O)(=O)c1ccc(C)cc1. The fourth-order valence-corrected chi connectivity index (χ4v) is 6.49. The van der Waals surface area contributed by atoms with Gasteiger partial charge in [-0.2, -0.15) is 0 Å². The van der Waals surface area contributed by atoms with Crippen LogP contribution >= 0.6 is 0 Å². The minimum Gasteiger partial charge on any atom is -0.497 e. The molecule has 1 N–H and O–H groups in total. The van der Waals surface area contributed by atoms with Crippen molar-refractivity contribution in [1.29, 1.82) is 0 Å². The first-order chi connectivity index (χ1) is 22.5. The van der Waals surface area contributed by atoms with Crippen molar-refractivity contribution in [2.24, 2.45) is 0 Å². The molecule has 0 heterocycles. The standard InChI is InChI=1S/C37H43N3O6S/c1-6-28(3)38-37(42)35(24-29-11-8-7-9-12-29)39(25-30-13-10-14-33(23-30)46-5)36(41)26-40(31-17-19-32(45-4)20-18-31)47(43,44)34-21-15-27(2)16-22-34/h7-23,28,35H,6,24-26H2,1-5H3,(H,38,42)/t28-,35-/m0/s1. The third kappa shape index (κ3) is 9.13. The van der Waals surface area contributed by atoms with Crippen LogP contribution in [0.2, 0.25) is 0 Å². The lowest BCUT2D eigenvalue weighted by atomic mass is 10.0. The van der Waals surface area contributed by atoms with Crippen LogP contribution in [0.4, 0.5) is 5.69 Å². The Balaban J connectivity index is 1.82. The van der Waals surface area contributed by atoms with Crippen molar-refractivity contribution in [3.05, 3.63) is 120 Å². The maximum Gasteiger partial charge on any atom is 0.264 e. The quantitative estimate of drug-likeness (QED) is 0.174. The number of amides is 2. The van der Waals surface area contributed by atoms with Gasteiger partial charge in [0.1, 0.15) is 24.1 Å². The highest BCUT2D eigenvalue weighted by Crippen LogP contribution is 2.27. The average Bonchev–Trinajstić information content (AvgIpc) is 3.09. The Morgan fingerprint density at radius 3 is 2.06 bits per heavy atom. The summed E-state index contributed by atoms with van der Waals surface area (Å²) in [5.41, 5.74) is 2.77. The number of rotatable bonds is 15. The normalized spacial score (nSPS) is 12.4. The number of nitrogens with zero attached hydrogens (tertiary/aromatic N) is 2. The highest BCUT2D eigenvalue weighted by Gasteiger charge is 2.35. The van der Waals surface area contributed by atoms with E-state index in [1.807, 2.05) is 63.2 Å². The summed E-state index contributed by atoms with van der Waals surface area (Å²) in [5, 5.41) is 3.05. The first-order valence-electron chi connectivity index (χ1n) is 15.6. The van der Waals surface area contributed by atoms with Crippen molar-refractivity contribution in [2.45, 2.75) is 57.1 Å². The number of ether oxygens (including phenoxy) is 2. The third-order valence-corrected chi connectivity index (χ3v) is 9.80. The van der Waals surface area contributed by atoms with Gasteiger partial charge in [-0.3, -0.25) is 13.9 Å². The predicted octanol–water partition coefficient (Wildman–Crippen LogP) is 5.76. The molecule has 0 fully saturated rings. The Bertz CT molecular complexity index is 1730. The molecule has 0 aliphatic rings. The molecule has 4 rings (SSSR count). The number of nitrogens with one attached hydrogen (secondary N) is 1. The molecule has 47 heavy (non-hydrogen) atoms. The Hall–Kier alpha value is -4.83. The number of hydrogen-bond donors (Lipinski definition) is 1. The van der Waals surface area contributed by atoms with E-state index < -0.39 is 28.5 Å². The fraction of sp³-hybridized carbons (Fsp3) is 0.297. The van der Waals surface area contributed by atoms with Gasteiger partial charge in [0.25, 0.3) is 10.0 Å². The van der Waals surface area contributed by atoms with Crippen LogP contribution in [0.3, 0.4) is 0 Å². The van der Waals surface area contributed by atoms with E-state index in [-0.39, 0.29) is 35.5 Å². The Morgan fingerprint density at radius 2 is 1.45 bits per heavy atom. The predicted molar refractivity (Wildman–Crippen MR) is 184 cm³/mol. The monoisotopic (exact) mass is 657 g/mol. The minimum absolute atomic E-state index is 0.0430. The Morgan fingerprint density at radius 1 is 0.809 bits per heavy atom. The van der Waals surface area contributed by atoms with Gasteiger partial charge in [0, 0.05) is 19.0 Å². The summed E-state index contributed by atoms with van der Waals surface area (Å²) >= 11 is 0. The van der Waals surface area contributed by atoms with Crippen LogP contribution in [0.5, 0.6) is 11.5 Å². The average molecular weight is 658 g/mol. The summed E-state index contributed by atoms with van der Waals surface area (Å²) in [5.74, 6) is 0.272. The highest BCUT2D eigenvalue weighted by atomic mass is 32.2. The minimum atomic E-state index is -4.21. The van der Waals surface area contributed by atoms with Gasteiger partial charge in [0.2, 0.25) is 11.8 Å². The summed E-state index contributed by atoms with van der Waals surface area (Å²) < 4.78 is 40.2. The number of hydrogen-bond acceptors (Lipinski definition) is 6. The highest BCUT2D eigenvalue weighted by molar-refractivity contribution is 7.92. The van der Waals surface area contributed by atoms with Gasteiger partial charge in [-0.05, 0) is 79.9 Å². The summed E-state index contributed by atoms with van der Waals surface area (Å²) in [4.78, 5) is 30.1. The van der Waals surface area contributed by atoms with E-state index in [2.05, 4.69) is 5.32 Å². The van der Waals surface area contributed by atoms with E-state index in [9.17, 15) is 18.0 Å². The van der Waals surface area contributed by atoms with Crippen LogP contribution in [0.1, 0.15) is 37.0 Å². The molecule has 0 aromatic heterocycles. The number of benzene rings is 4. The number of carbonyl (C=O) groups excluding carboxylic acids is 2. The number of aryl methyl sites for hydroxylation is 1. The molecule has 0 unspecified atom stereocenters. The molecule has 9 nitrogen and oxygen atoms in total. The van der Waals surface area contributed by atoms with Gasteiger partial charge in [0.15, 0.2) is 0 Å². The van der Waals surface area contributed by atoms with E-state index in [0.717, 1.165) is 21.0 Å². The molecule has 4 aromatic rings. The third-order valence-electron chi connectivity index (χ3n) is 8.01. The van der Waals surface area contributed by atoms with Crippen LogP contribution in [0.25, 0.3) is 0 Å². The molecule has 248 valence electrons. The van der Waals surface area contributed by atoms with Crippen LogP contribution in [-0.4, -0.2) is 58.0 Å². The first kappa shape index (κ1) is 35.0. The smallest absolute Gasteiger partial charge is 0.264 e. The first-order valence-corrected chi connectivity index (χ1v) is 17.0. The van der Waals surface area contributed by atoms with E-state index in [1.54, 1.807) is 55.6 Å². The molecule has 0 saturated carbocycles. The molecular weight excluding hydrogens is 614 g/mol. The lowest BCUT2D eigenvalue weighted by molar-refractivity contribution is -0.140. The second-order valence-corrected chi connectivity index (χ2v) is 13.3. The molecule has 0 saturated heterocycles. The van der Waals surface area contributed by atoms with Crippen molar-refractivity contribution in [3.63, 3.8) is 0 Å². The number of carbonyl (C=O) groups is 2. The second kappa shape index (κ2) is 16.1. The summed E-state index contributed by atoms with van der Waals surface area (Å²) in [6.07, 6.45) is 0.930. The van der Waals surface area contributed by atoms with Gasteiger partial charge < -0.3 is 19.7 Å². The van der Waals surface area contributed by atoms with Gasteiger partial charge in [-0.25, -0.2) is 8.42 Å². The number of sulfonamides is 1. The maximum absolute atomic E-state index is 14.6. The van der Waals surface area contributed by atoms with Crippen molar-refractivity contribution >= 4 is 27.5 Å². The largest absolute Gasteiger partial charge is 0.497 e. The Kier molecular flexibility index (Phi) is 12.0. The molecule has 2 atom stereocenters. The summed E-state index contributed by atoms with van der Waals surface area (Å²) in [6, 6.07) is 28.6. The molecule has 0 aliphatic heterocycles. The zero-order valence-electron chi connectivity index (χ0n) is 27.6. The van der Waals surface area contributed by atoms with Crippen molar-refractivity contribution < 1.29 is 27.5 Å². The molecule has 2 amide bonds. The lowest BCUT2D eigenvalue weighted by Gasteiger charge is -2.34. The molecule has 0 spiro atoms. The van der Waals surface area contributed by atoms with Crippen molar-refractivity contribution in [3.8, 4) is 11.5 Å². The van der Waals surface area contributed by atoms with Gasteiger partial charge in [-0.15, -0.1) is 0 Å².